The predicted octanol–water partition coefficient (Wildman–Crippen LogP) is 5.37. The molecule has 1 aromatic rings. The minimum Gasteiger partial charge on any atom is -0.310 e. The van der Waals surface area contributed by atoms with Crippen LogP contribution in [0.25, 0.3) is 0 Å². The molecule has 0 amide bonds. The zero-order chi connectivity index (χ0) is 14.6. The van der Waals surface area contributed by atoms with E-state index in [0.717, 1.165) is 23.6 Å². The molecule has 2 unspecified atom stereocenters. The Balaban J connectivity index is 2.90. The van der Waals surface area contributed by atoms with E-state index >= 15 is 0 Å². The van der Waals surface area contributed by atoms with E-state index in [1.165, 1.54) is 5.56 Å². The van der Waals surface area contributed by atoms with Crippen molar-refractivity contribution < 1.29 is 0 Å². The molecule has 19 heavy (non-hydrogen) atoms. The molecule has 0 aromatic heterocycles. The van der Waals surface area contributed by atoms with Crippen LogP contribution in [0.1, 0.15) is 58.2 Å². The average molecular weight is 282 g/mol. The van der Waals surface area contributed by atoms with Gasteiger partial charge < -0.3 is 5.32 Å². The lowest BCUT2D eigenvalue weighted by molar-refractivity contribution is 0.224. The minimum absolute atomic E-state index is 0.335. The predicted molar refractivity (Wildman–Crippen MR) is 85.8 cm³/mol. The summed E-state index contributed by atoms with van der Waals surface area (Å²) in [6, 6.07) is 6.81. The van der Waals surface area contributed by atoms with Gasteiger partial charge in [0.25, 0.3) is 0 Å². The zero-order valence-electron chi connectivity index (χ0n) is 13.2. The molecule has 0 aliphatic rings. The Hall–Kier alpha value is -0.530. The standard InChI is InChI=1S/C17H28ClN/c1-7-19-16(10-13(3)17(4,5)6)14-9-8-12(2)15(18)11-14/h8-9,11,13,16,19H,7,10H2,1-6H3. The SMILES string of the molecule is CCNC(CC(C)C(C)(C)C)c1ccc(C)c(Cl)c1. The molecule has 1 rings (SSSR count). The third kappa shape index (κ3) is 4.81. The first-order chi connectivity index (χ1) is 8.75. The summed E-state index contributed by atoms with van der Waals surface area (Å²) >= 11 is 6.26. The average Bonchev–Trinajstić information content (AvgIpc) is 2.31. The van der Waals surface area contributed by atoms with Crippen molar-refractivity contribution in [2.75, 3.05) is 6.54 Å². The first-order valence-corrected chi connectivity index (χ1v) is 7.63. The molecule has 0 bridgehead atoms. The van der Waals surface area contributed by atoms with Gasteiger partial charge in [0, 0.05) is 11.1 Å². The van der Waals surface area contributed by atoms with Crippen LogP contribution in [0, 0.1) is 18.3 Å². The highest BCUT2D eigenvalue weighted by Crippen LogP contribution is 2.34. The van der Waals surface area contributed by atoms with E-state index < -0.39 is 0 Å². The fourth-order valence-electron chi connectivity index (χ4n) is 2.12. The lowest BCUT2D eigenvalue weighted by atomic mass is 9.77. The molecule has 0 aliphatic carbocycles. The summed E-state index contributed by atoms with van der Waals surface area (Å²) in [5, 5.41) is 4.45. The fraction of sp³-hybridized carbons (Fsp3) is 0.647. The highest BCUT2D eigenvalue weighted by molar-refractivity contribution is 6.31. The van der Waals surface area contributed by atoms with Crippen molar-refractivity contribution in [2.45, 2.75) is 54.0 Å². The van der Waals surface area contributed by atoms with Crippen molar-refractivity contribution in [3.63, 3.8) is 0 Å². The third-order valence-corrected chi connectivity index (χ3v) is 4.52. The lowest BCUT2D eigenvalue weighted by Crippen LogP contribution is -2.27. The molecule has 0 radical (unpaired) electrons. The van der Waals surface area contributed by atoms with E-state index in [0.29, 0.717) is 17.4 Å². The quantitative estimate of drug-likeness (QED) is 0.765. The topological polar surface area (TPSA) is 12.0 Å². The number of halogens is 1. The van der Waals surface area contributed by atoms with Crippen molar-refractivity contribution >= 4 is 11.6 Å². The van der Waals surface area contributed by atoms with Gasteiger partial charge in [-0.15, -0.1) is 0 Å². The Morgan fingerprint density at radius 2 is 1.89 bits per heavy atom. The Kier molecular flexibility index (Phi) is 5.88. The molecule has 0 heterocycles. The largest absolute Gasteiger partial charge is 0.310 e. The lowest BCUT2D eigenvalue weighted by Gasteiger charge is -2.31. The second-order valence-corrected chi connectivity index (χ2v) is 7.03. The van der Waals surface area contributed by atoms with Gasteiger partial charge in [-0.2, -0.15) is 0 Å². The van der Waals surface area contributed by atoms with Gasteiger partial charge in [0.1, 0.15) is 0 Å². The summed E-state index contributed by atoms with van der Waals surface area (Å²) in [5.74, 6) is 0.650. The number of aryl methyl sites for hydroxylation is 1. The second-order valence-electron chi connectivity index (χ2n) is 6.62. The van der Waals surface area contributed by atoms with Gasteiger partial charge in [-0.1, -0.05) is 58.4 Å². The Morgan fingerprint density at radius 1 is 1.26 bits per heavy atom. The van der Waals surface area contributed by atoms with Crippen LogP contribution < -0.4 is 5.32 Å². The Labute approximate surface area is 123 Å². The van der Waals surface area contributed by atoms with E-state index in [9.17, 15) is 0 Å². The monoisotopic (exact) mass is 281 g/mol. The van der Waals surface area contributed by atoms with Crippen LogP contribution in [0.5, 0.6) is 0 Å². The van der Waals surface area contributed by atoms with Crippen LogP contribution in [0.3, 0.4) is 0 Å². The molecule has 0 saturated heterocycles. The summed E-state index contributed by atoms with van der Waals surface area (Å²) < 4.78 is 0. The third-order valence-electron chi connectivity index (χ3n) is 4.12. The van der Waals surface area contributed by atoms with E-state index in [2.05, 4.69) is 58.1 Å². The van der Waals surface area contributed by atoms with Crippen molar-refractivity contribution in [2.24, 2.45) is 11.3 Å². The van der Waals surface area contributed by atoms with Gasteiger partial charge in [0.2, 0.25) is 0 Å². The van der Waals surface area contributed by atoms with Crippen molar-refractivity contribution in [1.82, 2.24) is 5.32 Å². The van der Waals surface area contributed by atoms with Crippen LogP contribution >= 0.6 is 11.6 Å². The minimum atomic E-state index is 0.335. The number of hydrogen-bond donors (Lipinski definition) is 1. The molecule has 2 heteroatoms. The molecular formula is C17H28ClN. The summed E-state index contributed by atoms with van der Waals surface area (Å²) in [6.45, 7) is 14.4. The van der Waals surface area contributed by atoms with Gasteiger partial charge in [-0.05, 0) is 48.4 Å². The molecule has 0 spiro atoms. The van der Waals surface area contributed by atoms with E-state index in [1.807, 2.05) is 6.92 Å². The van der Waals surface area contributed by atoms with Crippen LogP contribution in [0.4, 0.5) is 0 Å². The molecule has 2 atom stereocenters. The summed E-state index contributed by atoms with van der Waals surface area (Å²) in [4.78, 5) is 0. The van der Waals surface area contributed by atoms with Gasteiger partial charge in [0.15, 0.2) is 0 Å². The van der Waals surface area contributed by atoms with E-state index in [-0.39, 0.29) is 0 Å². The zero-order valence-corrected chi connectivity index (χ0v) is 13.9. The molecule has 0 saturated carbocycles. The second kappa shape index (κ2) is 6.76. The van der Waals surface area contributed by atoms with Gasteiger partial charge in [-0.25, -0.2) is 0 Å². The van der Waals surface area contributed by atoms with E-state index in [1.54, 1.807) is 0 Å². The maximum Gasteiger partial charge on any atom is 0.0438 e. The maximum absolute atomic E-state index is 6.26. The first-order valence-electron chi connectivity index (χ1n) is 7.25. The molecule has 0 fully saturated rings. The van der Waals surface area contributed by atoms with Crippen LogP contribution in [0.2, 0.25) is 5.02 Å². The van der Waals surface area contributed by atoms with Crippen LogP contribution in [-0.4, -0.2) is 6.54 Å². The fourth-order valence-corrected chi connectivity index (χ4v) is 2.31. The highest BCUT2D eigenvalue weighted by atomic mass is 35.5. The normalized spacial score (nSPS) is 15.3. The summed E-state index contributed by atoms with van der Waals surface area (Å²) in [5.41, 5.74) is 2.78. The van der Waals surface area contributed by atoms with Crippen LogP contribution in [-0.2, 0) is 0 Å². The number of hydrogen-bond acceptors (Lipinski definition) is 1. The van der Waals surface area contributed by atoms with E-state index in [4.69, 9.17) is 11.6 Å². The molecule has 1 aromatic carbocycles. The number of benzene rings is 1. The first kappa shape index (κ1) is 16.5. The Morgan fingerprint density at radius 3 is 2.37 bits per heavy atom. The van der Waals surface area contributed by atoms with Gasteiger partial charge >= 0.3 is 0 Å². The smallest absolute Gasteiger partial charge is 0.0438 e. The Bertz CT molecular complexity index is 406. The maximum atomic E-state index is 6.26. The summed E-state index contributed by atoms with van der Waals surface area (Å²) in [7, 11) is 0. The molecule has 108 valence electrons. The molecular weight excluding hydrogens is 254 g/mol. The number of rotatable bonds is 5. The highest BCUT2D eigenvalue weighted by Gasteiger charge is 2.24. The van der Waals surface area contributed by atoms with Crippen molar-refractivity contribution in [3.8, 4) is 0 Å². The van der Waals surface area contributed by atoms with Gasteiger partial charge in [0.05, 0.1) is 0 Å². The molecule has 1 nitrogen and oxygen atoms in total. The molecule has 0 aliphatic heterocycles. The van der Waals surface area contributed by atoms with Crippen molar-refractivity contribution in [3.05, 3.63) is 34.3 Å². The molecule has 1 N–H and O–H groups in total. The summed E-state index contributed by atoms with van der Waals surface area (Å²) in [6.07, 6.45) is 1.14. The van der Waals surface area contributed by atoms with Gasteiger partial charge in [-0.3, -0.25) is 0 Å². The van der Waals surface area contributed by atoms with Crippen LogP contribution in [0.15, 0.2) is 18.2 Å². The number of nitrogens with one attached hydrogen (secondary N) is 1. The van der Waals surface area contributed by atoms with Crippen molar-refractivity contribution in [1.29, 1.82) is 0 Å².